The van der Waals surface area contributed by atoms with Gasteiger partial charge in [0.1, 0.15) is 0 Å². The van der Waals surface area contributed by atoms with Crippen LogP contribution in [0.25, 0.3) is 81.0 Å². The summed E-state index contributed by atoms with van der Waals surface area (Å²) >= 11 is 1.91. The summed E-state index contributed by atoms with van der Waals surface area (Å²) in [6, 6.07) is 56.0. The van der Waals surface area contributed by atoms with Gasteiger partial charge in [-0.1, -0.05) is 151 Å². The number of nitrogens with zero attached hydrogens (tertiary/aromatic N) is 1. The molecule has 2 aliphatic carbocycles. The number of anilines is 2. The summed E-state index contributed by atoms with van der Waals surface area (Å²) in [6.45, 7) is 16.4. The van der Waals surface area contributed by atoms with Crippen molar-refractivity contribution in [2.24, 2.45) is 0 Å². The van der Waals surface area contributed by atoms with Crippen molar-refractivity contribution < 1.29 is 0 Å². The lowest BCUT2D eigenvalue weighted by Crippen LogP contribution is -2.37. The molecule has 2 aromatic heterocycles. The molecule has 0 fully saturated rings. The zero-order chi connectivity index (χ0) is 42.0. The molecule has 1 aliphatic heterocycles. The van der Waals surface area contributed by atoms with Crippen LogP contribution in [0.1, 0.15) is 76.3 Å². The lowest BCUT2D eigenvalue weighted by Gasteiger charge is -2.26. The van der Waals surface area contributed by atoms with E-state index in [9.17, 15) is 0 Å². The molecule has 1 N–H and O–H groups in total. The molecule has 0 saturated carbocycles. The first-order valence-electron chi connectivity index (χ1n) is 22.2. The van der Waals surface area contributed by atoms with Gasteiger partial charge in [0, 0.05) is 64.5 Å². The normalized spacial score (nSPS) is 15.1. The zero-order valence-corrected chi connectivity index (χ0v) is 37.2. The number of fused-ring (bicyclic) bond motifs is 14. The quantitative estimate of drug-likeness (QED) is 0.176. The average molecular weight is 815 g/mol. The summed E-state index contributed by atoms with van der Waals surface area (Å²) in [7, 11) is 0.853. The SMILES string of the molecule is CC(C)(C)c1ccc(Nc2cc3c(cc2-c2ccc4c5cc6c(cc5n5c4c2Bc2cc4c(cc2-5)sc2ccccc24)-c2ccccc2C6(C)C)-c2ccccc2C3(C)C)cc1. The highest BCUT2D eigenvalue weighted by molar-refractivity contribution is 7.25. The second-order valence-electron chi connectivity index (χ2n) is 20.2. The first kappa shape index (κ1) is 36.3. The third-order valence-electron chi connectivity index (χ3n) is 15.0. The lowest BCUT2D eigenvalue weighted by molar-refractivity contribution is 0.590. The molecule has 2 nitrogen and oxygen atoms in total. The molecule has 0 unspecified atom stereocenters. The Morgan fingerprint density at radius 3 is 1.90 bits per heavy atom. The predicted octanol–water partition coefficient (Wildman–Crippen LogP) is 14.2. The minimum absolute atomic E-state index is 0.0834. The van der Waals surface area contributed by atoms with Crippen LogP contribution in [0.5, 0.6) is 0 Å². The molecule has 0 bridgehead atoms. The summed E-state index contributed by atoms with van der Waals surface area (Å²) in [6.07, 6.45) is 0. The van der Waals surface area contributed by atoms with Gasteiger partial charge in [0.15, 0.2) is 7.28 Å². The Morgan fingerprint density at radius 2 is 1.18 bits per heavy atom. The van der Waals surface area contributed by atoms with Crippen LogP contribution in [-0.4, -0.2) is 11.8 Å². The Kier molecular flexibility index (Phi) is 7.13. The molecule has 0 atom stereocenters. The van der Waals surface area contributed by atoms with Crippen molar-refractivity contribution in [3.63, 3.8) is 0 Å². The molecule has 3 aliphatic rings. The van der Waals surface area contributed by atoms with E-state index < -0.39 is 0 Å². The molecule has 0 radical (unpaired) electrons. The molecule has 3 heterocycles. The van der Waals surface area contributed by atoms with E-state index in [0.29, 0.717) is 0 Å². The summed E-state index contributed by atoms with van der Waals surface area (Å²) in [4.78, 5) is 0. The summed E-state index contributed by atoms with van der Waals surface area (Å²) in [5.41, 5.74) is 23.7. The third-order valence-corrected chi connectivity index (χ3v) is 16.1. The van der Waals surface area contributed by atoms with Gasteiger partial charge >= 0.3 is 0 Å². The molecule has 10 aromatic rings. The van der Waals surface area contributed by atoms with E-state index in [2.05, 4.69) is 204 Å². The van der Waals surface area contributed by atoms with Gasteiger partial charge in [0.25, 0.3) is 0 Å². The van der Waals surface area contributed by atoms with E-state index in [-0.39, 0.29) is 16.2 Å². The highest BCUT2D eigenvalue weighted by atomic mass is 32.1. The number of aromatic nitrogens is 1. The molecule has 8 aromatic carbocycles. The molecule has 0 amide bonds. The van der Waals surface area contributed by atoms with Crippen molar-refractivity contribution in [3.05, 3.63) is 173 Å². The molecule has 298 valence electrons. The van der Waals surface area contributed by atoms with Gasteiger partial charge in [-0.2, -0.15) is 0 Å². The molecular weight excluding hydrogens is 768 g/mol. The van der Waals surface area contributed by atoms with Crippen molar-refractivity contribution >= 4 is 82.9 Å². The number of nitrogens with one attached hydrogen (secondary N) is 1. The zero-order valence-electron chi connectivity index (χ0n) is 36.4. The van der Waals surface area contributed by atoms with Crippen molar-refractivity contribution in [2.75, 3.05) is 5.32 Å². The molecule has 0 saturated heterocycles. The van der Waals surface area contributed by atoms with Gasteiger partial charge in [0.05, 0.1) is 5.52 Å². The minimum atomic E-state index is -0.123. The van der Waals surface area contributed by atoms with Crippen LogP contribution in [0.15, 0.2) is 146 Å². The first-order valence-corrected chi connectivity index (χ1v) is 23.0. The summed E-state index contributed by atoms with van der Waals surface area (Å²) < 4.78 is 5.33. The standard InChI is InChI=1S/C58H47BN2S/c1-56(2,3)32-20-22-33(23-21-32)60-49-30-47-39(34-14-8-11-17-44(34)58(47,6)7)26-41(49)37-24-25-38-42-27-46-40(35-15-9-12-18-45(35)57(46,4)5)29-50(42)61-51-31-53-43(28-48(51)59-54(37)55(38)61)36-16-10-13-19-52(36)62-53/h8-31,59-60H,1-7H3. The maximum atomic E-state index is 4.01. The van der Waals surface area contributed by atoms with E-state index >= 15 is 0 Å². The Balaban J connectivity index is 1.11. The number of hydrogen-bond acceptors (Lipinski definition) is 2. The number of hydrogen-bond donors (Lipinski definition) is 1. The van der Waals surface area contributed by atoms with Crippen LogP contribution < -0.4 is 16.2 Å². The monoisotopic (exact) mass is 814 g/mol. The van der Waals surface area contributed by atoms with Crippen LogP contribution in [-0.2, 0) is 16.2 Å². The first-order chi connectivity index (χ1) is 29.9. The lowest BCUT2D eigenvalue weighted by atomic mass is 9.59. The number of rotatable bonds is 3. The van der Waals surface area contributed by atoms with Crippen molar-refractivity contribution in [1.82, 2.24) is 4.57 Å². The maximum absolute atomic E-state index is 4.01. The molecule has 13 rings (SSSR count). The van der Waals surface area contributed by atoms with Crippen LogP contribution in [0.3, 0.4) is 0 Å². The molecule has 62 heavy (non-hydrogen) atoms. The fourth-order valence-electron chi connectivity index (χ4n) is 11.7. The predicted molar refractivity (Wildman–Crippen MR) is 269 cm³/mol. The third kappa shape index (κ3) is 4.82. The molecule has 4 heteroatoms. The van der Waals surface area contributed by atoms with Crippen molar-refractivity contribution in [3.8, 4) is 39.1 Å². The van der Waals surface area contributed by atoms with E-state index in [4.69, 9.17) is 0 Å². The number of thiophene rings is 1. The fourth-order valence-corrected chi connectivity index (χ4v) is 12.8. The number of benzene rings is 8. The Labute approximate surface area is 368 Å². The van der Waals surface area contributed by atoms with Gasteiger partial charge < -0.3 is 9.88 Å². The largest absolute Gasteiger partial charge is 0.355 e. The van der Waals surface area contributed by atoms with Gasteiger partial charge in [-0.15, -0.1) is 11.3 Å². The highest BCUT2D eigenvalue weighted by Crippen LogP contribution is 2.54. The van der Waals surface area contributed by atoms with E-state index in [1.54, 1.807) is 0 Å². The van der Waals surface area contributed by atoms with Crippen molar-refractivity contribution in [2.45, 2.75) is 64.7 Å². The van der Waals surface area contributed by atoms with E-state index in [1.165, 1.54) is 120 Å². The van der Waals surface area contributed by atoms with Crippen LogP contribution in [0, 0.1) is 0 Å². The summed E-state index contributed by atoms with van der Waals surface area (Å²) in [5, 5.41) is 9.37. The second kappa shape index (κ2) is 12.2. The van der Waals surface area contributed by atoms with Gasteiger partial charge in [0.2, 0.25) is 0 Å². The van der Waals surface area contributed by atoms with E-state index in [1.807, 2.05) is 11.3 Å². The average Bonchev–Trinajstić information content (AvgIpc) is 3.93. The maximum Gasteiger partial charge on any atom is 0.198 e. The van der Waals surface area contributed by atoms with Gasteiger partial charge in [-0.05, 0) is 120 Å². The Bertz CT molecular complexity index is 3610. The van der Waals surface area contributed by atoms with E-state index in [0.717, 1.165) is 18.7 Å². The fraction of sp³-hybridized carbons (Fsp3) is 0.172. The van der Waals surface area contributed by atoms with Crippen molar-refractivity contribution in [1.29, 1.82) is 0 Å². The van der Waals surface area contributed by atoms with Gasteiger partial charge in [-0.3, -0.25) is 0 Å². The van der Waals surface area contributed by atoms with Crippen LogP contribution in [0.2, 0.25) is 0 Å². The van der Waals surface area contributed by atoms with Gasteiger partial charge in [-0.25, -0.2) is 0 Å². The topological polar surface area (TPSA) is 17.0 Å². The van der Waals surface area contributed by atoms with Crippen LogP contribution >= 0.6 is 11.3 Å². The Hall–Kier alpha value is -6.36. The molecular formula is C58H47BN2S. The second-order valence-corrected chi connectivity index (χ2v) is 21.3. The Morgan fingerprint density at radius 1 is 0.516 bits per heavy atom. The molecule has 0 spiro atoms. The summed E-state index contributed by atoms with van der Waals surface area (Å²) in [5.74, 6) is 0. The van der Waals surface area contributed by atoms with Crippen LogP contribution in [0.4, 0.5) is 11.4 Å². The smallest absolute Gasteiger partial charge is 0.198 e. The minimum Gasteiger partial charge on any atom is -0.355 e. The highest BCUT2D eigenvalue weighted by Gasteiger charge is 2.39.